The number of carbonyl (C=O) groups is 1. The van der Waals surface area contributed by atoms with Gasteiger partial charge >= 0.3 is 5.97 Å². The van der Waals surface area contributed by atoms with E-state index in [0.717, 1.165) is 5.56 Å². The van der Waals surface area contributed by atoms with E-state index in [0.29, 0.717) is 34.0 Å². The fourth-order valence-corrected chi connectivity index (χ4v) is 4.98. The van der Waals surface area contributed by atoms with Gasteiger partial charge in [0, 0.05) is 18.4 Å². The van der Waals surface area contributed by atoms with E-state index < -0.39 is 16.0 Å². The second kappa shape index (κ2) is 6.79. The van der Waals surface area contributed by atoms with Crippen molar-refractivity contribution < 1.29 is 17.9 Å². The summed E-state index contributed by atoms with van der Waals surface area (Å²) < 4.78 is 32.5. The van der Waals surface area contributed by atoms with E-state index in [1.54, 1.807) is 47.1 Å². The lowest BCUT2D eigenvalue weighted by molar-refractivity contribution is 0.0468. The standard InChI is InChI=1S/C19H18ClN3O4S/c1-12-7-14-8-13(3-5-17(14)23(12)28(2,25)26)19(24)27-11-16-10-22-9-15(20)4-6-18(22)21-16/h3-6,8-10,12H,7,11H2,1-2H3/t12-/m1/s1. The molecule has 1 aliphatic heterocycles. The van der Waals surface area contributed by atoms with Crippen molar-refractivity contribution in [2.45, 2.75) is 26.0 Å². The van der Waals surface area contributed by atoms with Crippen LogP contribution in [-0.4, -0.2) is 36.1 Å². The summed E-state index contributed by atoms with van der Waals surface area (Å²) in [4.78, 5) is 16.8. The molecule has 1 aromatic carbocycles. The number of anilines is 1. The number of sulfonamides is 1. The molecule has 1 atom stereocenters. The zero-order valence-corrected chi connectivity index (χ0v) is 16.9. The van der Waals surface area contributed by atoms with Crippen molar-refractivity contribution in [3.05, 3.63) is 64.6 Å². The van der Waals surface area contributed by atoms with Gasteiger partial charge in [-0.2, -0.15) is 0 Å². The monoisotopic (exact) mass is 419 g/mol. The third-order valence-electron chi connectivity index (χ3n) is 4.64. The van der Waals surface area contributed by atoms with Crippen LogP contribution in [0.1, 0.15) is 28.5 Å². The van der Waals surface area contributed by atoms with Crippen molar-refractivity contribution in [3.63, 3.8) is 0 Å². The second-order valence-electron chi connectivity index (χ2n) is 6.88. The minimum Gasteiger partial charge on any atom is -0.456 e. The summed E-state index contributed by atoms with van der Waals surface area (Å²) >= 11 is 5.96. The molecule has 3 aromatic rings. The first-order valence-corrected chi connectivity index (χ1v) is 10.9. The molecule has 0 fully saturated rings. The molecule has 0 saturated heterocycles. The fourth-order valence-electron chi connectivity index (χ4n) is 3.54. The molecule has 0 spiro atoms. The Balaban J connectivity index is 1.50. The highest BCUT2D eigenvalue weighted by Crippen LogP contribution is 2.34. The first kappa shape index (κ1) is 18.8. The highest BCUT2D eigenvalue weighted by molar-refractivity contribution is 7.92. The Hall–Kier alpha value is -2.58. The number of esters is 1. The summed E-state index contributed by atoms with van der Waals surface area (Å²) in [6, 6.07) is 8.28. The maximum atomic E-state index is 12.4. The van der Waals surface area contributed by atoms with Gasteiger partial charge in [-0.15, -0.1) is 0 Å². The van der Waals surface area contributed by atoms with Crippen molar-refractivity contribution in [2.75, 3.05) is 10.6 Å². The molecule has 0 bridgehead atoms. The Bertz CT molecular complexity index is 1190. The normalized spacial score (nSPS) is 16.4. The number of ether oxygens (including phenoxy) is 1. The van der Waals surface area contributed by atoms with Crippen molar-refractivity contribution in [1.82, 2.24) is 9.38 Å². The van der Waals surface area contributed by atoms with Crippen LogP contribution in [0, 0.1) is 0 Å². The largest absolute Gasteiger partial charge is 0.456 e. The van der Waals surface area contributed by atoms with Gasteiger partial charge in [-0.05, 0) is 49.2 Å². The van der Waals surface area contributed by atoms with Crippen LogP contribution in [0.15, 0.2) is 42.7 Å². The lowest BCUT2D eigenvalue weighted by atomic mass is 10.1. The fraction of sp³-hybridized carbons (Fsp3) is 0.263. The molecular formula is C19H18ClN3O4S. The summed E-state index contributed by atoms with van der Waals surface area (Å²) in [6.07, 6.45) is 5.22. The highest BCUT2D eigenvalue weighted by atomic mass is 35.5. The smallest absolute Gasteiger partial charge is 0.338 e. The Morgan fingerprint density at radius 1 is 1.29 bits per heavy atom. The molecule has 3 heterocycles. The molecule has 2 aromatic heterocycles. The minimum absolute atomic E-state index is 0.0289. The molecule has 146 valence electrons. The molecule has 9 heteroatoms. The Labute approximate surface area is 167 Å². The van der Waals surface area contributed by atoms with Crippen LogP contribution in [-0.2, 0) is 27.8 Å². The molecule has 4 rings (SSSR count). The average molecular weight is 420 g/mol. The van der Waals surface area contributed by atoms with Gasteiger partial charge in [0.15, 0.2) is 0 Å². The summed E-state index contributed by atoms with van der Waals surface area (Å²) in [7, 11) is -3.36. The summed E-state index contributed by atoms with van der Waals surface area (Å²) in [5, 5.41) is 0.587. The number of fused-ring (bicyclic) bond motifs is 2. The SMILES string of the molecule is C[C@@H]1Cc2cc(C(=O)OCc3cn4cc(Cl)ccc4n3)ccc2N1S(C)(=O)=O. The topological polar surface area (TPSA) is 81.0 Å². The van der Waals surface area contributed by atoms with Crippen LogP contribution in [0.3, 0.4) is 0 Å². The average Bonchev–Trinajstić information content (AvgIpc) is 3.17. The van der Waals surface area contributed by atoms with Crippen LogP contribution in [0.5, 0.6) is 0 Å². The van der Waals surface area contributed by atoms with E-state index in [-0.39, 0.29) is 12.6 Å². The molecular weight excluding hydrogens is 402 g/mol. The zero-order valence-electron chi connectivity index (χ0n) is 15.3. The Kier molecular flexibility index (Phi) is 4.55. The number of pyridine rings is 1. The number of benzene rings is 1. The van der Waals surface area contributed by atoms with Crippen LogP contribution >= 0.6 is 11.6 Å². The summed E-state index contributed by atoms with van der Waals surface area (Å²) in [6.45, 7) is 1.87. The summed E-state index contributed by atoms with van der Waals surface area (Å²) in [5.74, 6) is -0.483. The van der Waals surface area contributed by atoms with Gasteiger partial charge < -0.3 is 9.14 Å². The summed E-state index contributed by atoms with van der Waals surface area (Å²) in [5.41, 5.74) is 3.13. The van der Waals surface area contributed by atoms with Crippen molar-refractivity contribution in [2.24, 2.45) is 0 Å². The lowest BCUT2D eigenvalue weighted by Gasteiger charge is -2.21. The van der Waals surface area contributed by atoms with Gasteiger partial charge in [0.2, 0.25) is 10.0 Å². The number of hydrogen-bond acceptors (Lipinski definition) is 5. The van der Waals surface area contributed by atoms with Gasteiger partial charge in [0.25, 0.3) is 0 Å². The lowest BCUT2D eigenvalue weighted by Crippen LogP contribution is -2.34. The van der Waals surface area contributed by atoms with E-state index in [1.807, 2.05) is 6.92 Å². The maximum Gasteiger partial charge on any atom is 0.338 e. The molecule has 0 saturated carbocycles. The first-order chi connectivity index (χ1) is 13.2. The van der Waals surface area contributed by atoms with E-state index in [1.165, 1.54) is 10.6 Å². The van der Waals surface area contributed by atoms with Gasteiger partial charge in [-0.3, -0.25) is 4.31 Å². The third-order valence-corrected chi connectivity index (χ3v) is 6.14. The molecule has 0 radical (unpaired) electrons. The van der Waals surface area contributed by atoms with Crippen LogP contribution in [0.25, 0.3) is 5.65 Å². The van der Waals surface area contributed by atoms with Crippen LogP contribution in [0.4, 0.5) is 5.69 Å². The molecule has 0 aliphatic carbocycles. The van der Waals surface area contributed by atoms with Crippen molar-refractivity contribution in [1.29, 1.82) is 0 Å². The molecule has 7 nitrogen and oxygen atoms in total. The number of hydrogen-bond donors (Lipinski definition) is 0. The van der Waals surface area contributed by atoms with Gasteiger partial charge in [0.1, 0.15) is 12.3 Å². The molecule has 28 heavy (non-hydrogen) atoms. The number of rotatable bonds is 4. The van der Waals surface area contributed by atoms with Crippen molar-refractivity contribution in [3.8, 4) is 0 Å². The van der Waals surface area contributed by atoms with E-state index in [4.69, 9.17) is 16.3 Å². The molecule has 0 N–H and O–H groups in total. The predicted octanol–water partition coefficient (Wildman–Crippen LogP) is 3.06. The number of carbonyl (C=O) groups excluding carboxylic acids is 1. The zero-order chi connectivity index (χ0) is 20.1. The third kappa shape index (κ3) is 3.45. The number of aromatic nitrogens is 2. The molecule has 0 amide bonds. The molecule has 1 aliphatic rings. The van der Waals surface area contributed by atoms with Gasteiger partial charge in [-0.25, -0.2) is 18.2 Å². The molecule has 0 unspecified atom stereocenters. The first-order valence-electron chi connectivity index (χ1n) is 8.65. The van der Waals surface area contributed by atoms with Crippen LogP contribution in [0.2, 0.25) is 5.02 Å². The van der Waals surface area contributed by atoms with Gasteiger partial charge in [-0.1, -0.05) is 11.6 Å². The van der Waals surface area contributed by atoms with E-state index >= 15 is 0 Å². The number of nitrogens with zero attached hydrogens (tertiary/aromatic N) is 3. The quantitative estimate of drug-likeness (QED) is 0.607. The number of imidazole rings is 1. The Morgan fingerprint density at radius 3 is 2.82 bits per heavy atom. The van der Waals surface area contributed by atoms with Gasteiger partial charge in [0.05, 0.1) is 28.2 Å². The second-order valence-corrected chi connectivity index (χ2v) is 9.17. The maximum absolute atomic E-state index is 12.4. The minimum atomic E-state index is -3.36. The predicted molar refractivity (Wildman–Crippen MR) is 106 cm³/mol. The Morgan fingerprint density at radius 2 is 2.07 bits per heavy atom. The highest BCUT2D eigenvalue weighted by Gasteiger charge is 2.32. The van der Waals surface area contributed by atoms with E-state index in [2.05, 4.69) is 4.98 Å². The van der Waals surface area contributed by atoms with E-state index in [9.17, 15) is 13.2 Å². The van der Waals surface area contributed by atoms with Crippen molar-refractivity contribution >= 4 is 38.9 Å². The van der Waals surface area contributed by atoms with Crippen LogP contribution < -0.4 is 4.31 Å². The number of halogens is 1.